The van der Waals surface area contributed by atoms with Crippen LogP contribution in [0.4, 0.5) is 0 Å². The second-order valence-corrected chi connectivity index (χ2v) is 5.91. The third-order valence-corrected chi connectivity index (χ3v) is 4.10. The third kappa shape index (κ3) is 2.33. The number of hydrogen-bond donors (Lipinski definition) is 1. The third-order valence-electron chi connectivity index (χ3n) is 3.22. The van der Waals surface area contributed by atoms with Gasteiger partial charge in [-0.15, -0.1) is 11.3 Å². The molecule has 2 heterocycles. The molecule has 0 radical (unpaired) electrons. The zero-order valence-corrected chi connectivity index (χ0v) is 12.3. The van der Waals surface area contributed by atoms with Gasteiger partial charge in [-0.3, -0.25) is 4.99 Å². The van der Waals surface area contributed by atoms with Gasteiger partial charge in [-0.05, 0) is 20.8 Å². The number of piperazine rings is 1. The summed E-state index contributed by atoms with van der Waals surface area (Å²) in [5.74, 6) is 0.940. The van der Waals surface area contributed by atoms with E-state index in [4.69, 9.17) is 0 Å². The topological polar surface area (TPSA) is 40.5 Å². The largest absolute Gasteiger partial charge is 0.326 e. The van der Waals surface area contributed by atoms with Crippen LogP contribution in [-0.4, -0.2) is 41.9 Å². The fourth-order valence-corrected chi connectivity index (χ4v) is 3.03. The van der Waals surface area contributed by atoms with Crippen LogP contribution in [0.1, 0.15) is 22.5 Å². The van der Waals surface area contributed by atoms with Crippen molar-refractivity contribution in [2.75, 3.05) is 20.1 Å². The Hall–Kier alpha value is -1.20. The highest BCUT2D eigenvalue weighted by Gasteiger charge is 2.26. The molecule has 0 unspecified atom stereocenters. The van der Waals surface area contributed by atoms with E-state index in [0.29, 0.717) is 0 Å². The molecule has 5 heteroatoms. The van der Waals surface area contributed by atoms with Crippen molar-refractivity contribution in [3.05, 3.63) is 27.9 Å². The second kappa shape index (κ2) is 5.20. The van der Waals surface area contributed by atoms with E-state index in [9.17, 15) is 0 Å². The van der Waals surface area contributed by atoms with Gasteiger partial charge in [0.25, 0.3) is 0 Å². The quantitative estimate of drug-likeness (QED) is 0.622. The lowest BCUT2D eigenvalue weighted by molar-refractivity contribution is 0.376. The van der Waals surface area contributed by atoms with Crippen LogP contribution in [0.5, 0.6) is 0 Å². The number of nitrogens with one attached hydrogen (secondary N) is 1. The standard InChI is InChI=1S/C13H20N4S/c1-8-9(2)17(7-6-15-8)13(14-5)12-10(3)18-11(4)16-12/h8,15H,2,6-7H2,1,3-5H3/t8-/m1/s1. The summed E-state index contributed by atoms with van der Waals surface area (Å²) in [6, 6.07) is 0.288. The Bertz CT molecular complexity index is 489. The average molecular weight is 264 g/mol. The van der Waals surface area contributed by atoms with E-state index in [1.807, 2.05) is 14.0 Å². The Morgan fingerprint density at radius 1 is 1.56 bits per heavy atom. The average Bonchev–Trinajstić information content (AvgIpc) is 2.65. The van der Waals surface area contributed by atoms with Gasteiger partial charge in [0.15, 0.2) is 5.84 Å². The van der Waals surface area contributed by atoms with Crippen LogP contribution in [-0.2, 0) is 0 Å². The molecule has 1 saturated heterocycles. The number of aryl methyl sites for hydroxylation is 2. The molecule has 1 aliphatic rings. The summed E-state index contributed by atoms with van der Waals surface area (Å²) >= 11 is 1.72. The number of hydrogen-bond acceptors (Lipinski definition) is 4. The summed E-state index contributed by atoms with van der Waals surface area (Å²) in [5, 5.41) is 4.48. The minimum atomic E-state index is 0.288. The Morgan fingerprint density at radius 3 is 2.83 bits per heavy atom. The molecule has 0 aliphatic carbocycles. The highest BCUT2D eigenvalue weighted by molar-refractivity contribution is 7.11. The monoisotopic (exact) mass is 264 g/mol. The maximum atomic E-state index is 4.60. The summed E-state index contributed by atoms with van der Waals surface area (Å²) in [6.45, 7) is 12.3. The van der Waals surface area contributed by atoms with Crippen molar-refractivity contribution >= 4 is 17.2 Å². The summed E-state index contributed by atoms with van der Waals surface area (Å²) in [5.41, 5.74) is 2.06. The molecule has 1 aromatic rings. The zero-order valence-electron chi connectivity index (χ0n) is 11.4. The van der Waals surface area contributed by atoms with Crippen LogP contribution in [0.2, 0.25) is 0 Å². The van der Waals surface area contributed by atoms with E-state index < -0.39 is 0 Å². The van der Waals surface area contributed by atoms with Gasteiger partial charge in [-0.1, -0.05) is 6.58 Å². The van der Waals surface area contributed by atoms with Crippen LogP contribution in [0.25, 0.3) is 0 Å². The Kier molecular flexibility index (Phi) is 3.82. The van der Waals surface area contributed by atoms with Gasteiger partial charge in [0, 0.05) is 36.8 Å². The van der Waals surface area contributed by atoms with E-state index in [1.54, 1.807) is 11.3 Å². The molecule has 2 rings (SSSR count). The van der Waals surface area contributed by atoms with Gasteiger partial charge >= 0.3 is 0 Å². The summed E-state index contributed by atoms with van der Waals surface area (Å²) in [6.07, 6.45) is 0. The predicted octanol–water partition coefficient (Wildman–Crippen LogP) is 1.94. The van der Waals surface area contributed by atoms with Gasteiger partial charge in [0.1, 0.15) is 5.69 Å². The van der Waals surface area contributed by atoms with Gasteiger partial charge < -0.3 is 10.2 Å². The van der Waals surface area contributed by atoms with Gasteiger partial charge in [-0.2, -0.15) is 0 Å². The molecule has 0 bridgehead atoms. The molecule has 1 fully saturated rings. The lowest BCUT2D eigenvalue weighted by Crippen LogP contribution is -2.49. The first-order valence-electron chi connectivity index (χ1n) is 6.15. The Labute approximate surface area is 112 Å². The fraction of sp³-hybridized carbons (Fsp3) is 0.538. The molecular weight excluding hydrogens is 244 g/mol. The highest BCUT2D eigenvalue weighted by atomic mass is 32.1. The van der Waals surface area contributed by atoms with Crippen LogP contribution in [0.15, 0.2) is 17.3 Å². The summed E-state index contributed by atoms with van der Waals surface area (Å²) < 4.78 is 0. The molecule has 0 saturated carbocycles. The fourth-order valence-electron chi connectivity index (χ4n) is 2.22. The first-order valence-corrected chi connectivity index (χ1v) is 6.97. The minimum Gasteiger partial charge on any atom is -0.326 e. The maximum absolute atomic E-state index is 4.60. The molecular formula is C13H20N4S. The van der Waals surface area contributed by atoms with E-state index in [2.05, 4.69) is 40.6 Å². The Morgan fingerprint density at radius 2 is 2.28 bits per heavy atom. The van der Waals surface area contributed by atoms with Gasteiger partial charge in [0.05, 0.1) is 5.01 Å². The molecule has 1 atom stereocenters. The van der Waals surface area contributed by atoms with Crippen molar-refractivity contribution in [3.63, 3.8) is 0 Å². The predicted molar refractivity (Wildman–Crippen MR) is 77.4 cm³/mol. The molecule has 1 aliphatic heterocycles. The number of rotatable bonds is 1. The first-order chi connectivity index (χ1) is 8.54. The number of aromatic nitrogens is 1. The summed E-state index contributed by atoms with van der Waals surface area (Å²) in [7, 11) is 1.82. The van der Waals surface area contributed by atoms with Crippen LogP contribution in [0.3, 0.4) is 0 Å². The normalized spacial score (nSPS) is 21.6. The van der Waals surface area contributed by atoms with E-state index in [0.717, 1.165) is 35.3 Å². The SMILES string of the molecule is C=C1[C@@H](C)NCCN1C(=NC)c1nc(C)sc1C. The van der Waals surface area contributed by atoms with Crippen molar-refractivity contribution in [2.24, 2.45) is 4.99 Å². The van der Waals surface area contributed by atoms with E-state index in [1.165, 1.54) is 4.88 Å². The molecule has 0 amide bonds. The number of nitrogens with zero attached hydrogens (tertiary/aromatic N) is 3. The first kappa shape index (κ1) is 13.2. The zero-order chi connectivity index (χ0) is 13.3. The molecule has 98 valence electrons. The molecule has 4 nitrogen and oxygen atoms in total. The number of aliphatic imine (C=N–C) groups is 1. The lowest BCUT2D eigenvalue weighted by Gasteiger charge is -2.36. The summed E-state index contributed by atoms with van der Waals surface area (Å²) in [4.78, 5) is 12.4. The van der Waals surface area contributed by atoms with E-state index >= 15 is 0 Å². The molecule has 1 N–H and O–H groups in total. The van der Waals surface area contributed by atoms with Gasteiger partial charge in [-0.25, -0.2) is 4.98 Å². The molecule has 1 aromatic heterocycles. The van der Waals surface area contributed by atoms with Crippen molar-refractivity contribution in [2.45, 2.75) is 26.8 Å². The van der Waals surface area contributed by atoms with Crippen LogP contribution >= 0.6 is 11.3 Å². The smallest absolute Gasteiger partial charge is 0.155 e. The number of amidine groups is 1. The van der Waals surface area contributed by atoms with Crippen LogP contribution in [0, 0.1) is 13.8 Å². The van der Waals surface area contributed by atoms with Crippen molar-refractivity contribution in [1.29, 1.82) is 0 Å². The van der Waals surface area contributed by atoms with Crippen LogP contribution < -0.4 is 5.32 Å². The second-order valence-electron chi connectivity index (χ2n) is 4.50. The lowest BCUT2D eigenvalue weighted by atomic mass is 10.1. The molecule has 0 spiro atoms. The number of thiazole rings is 1. The van der Waals surface area contributed by atoms with Gasteiger partial charge in [0.2, 0.25) is 0 Å². The molecule has 0 aromatic carbocycles. The highest BCUT2D eigenvalue weighted by Crippen LogP contribution is 2.22. The Balaban J connectivity index is 2.35. The van der Waals surface area contributed by atoms with Crippen molar-refractivity contribution in [3.8, 4) is 0 Å². The van der Waals surface area contributed by atoms with Crippen molar-refractivity contribution < 1.29 is 0 Å². The van der Waals surface area contributed by atoms with E-state index in [-0.39, 0.29) is 6.04 Å². The molecule has 18 heavy (non-hydrogen) atoms. The maximum Gasteiger partial charge on any atom is 0.155 e. The minimum absolute atomic E-state index is 0.288. The van der Waals surface area contributed by atoms with Crippen molar-refractivity contribution in [1.82, 2.24) is 15.2 Å².